The number of pyridine rings is 1. The first-order valence-corrected chi connectivity index (χ1v) is 8.62. The highest BCUT2D eigenvalue weighted by molar-refractivity contribution is 7.99. The van der Waals surface area contributed by atoms with Gasteiger partial charge in [0.2, 0.25) is 0 Å². The van der Waals surface area contributed by atoms with Gasteiger partial charge in [-0.1, -0.05) is 17.8 Å². The Hall–Kier alpha value is -2.88. The van der Waals surface area contributed by atoms with E-state index in [4.69, 9.17) is 0 Å². The zero-order valence-electron chi connectivity index (χ0n) is 14.0. The maximum Gasteiger partial charge on any atom is 0.416 e. The summed E-state index contributed by atoms with van der Waals surface area (Å²) in [5.41, 5.74) is 0.00290. The van der Waals surface area contributed by atoms with E-state index >= 15 is 0 Å². The van der Waals surface area contributed by atoms with Crippen molar-refractivity contribution in [2.75, 3.05) is 12.9 Å². The van der Waals surface area contributed by atoms with Gasteiger partial charge in [0, 0.05) is 18.0 Å². The monoisotopic (exact) mass is 394 g/mol. The second-order valence-electron chi connectivity index (χ2n) is 5.30. The fourth-order valence-electron chi connectivity index (χ4n) is 2.28. The first-order chi connectivity index (χ1) is 12.9. The number of hydrogen-bond donors (Lipinski definition) is 0. The number of nitrogens with zero attached hydrogens (tertiary/aromatic N) is 4. The third-order valence-corrected chi connectivity index (χ3v) is 4.43. The molecule has 0 saturated carbocycles. The summed E-state index contributed by atoms with van der Waals surface area (Å²) in [5.74, 6) is -0.225. The minimum atomic E-state index is -4.49. The summed E-state index contributed by atoms with van der Waals surface area (Å²) >= 11 is 1.02. The predicted molar refractivity (Wildman–Crippen MR) is 92.3 cm³/mol. The van der Waals surface area contributed by atoms with Crippen LogP contribution in [-0.2, 0) is 15.7 Å². The molecule has 0 bridgehead atoms. The standard InChI is InChI=1S/C17H13F3N4O2S/c1-26-14(25)10-27-16-23-22-15(11-4-3-7-21-9-11)24(16)13-6-2-5-12(8-13)17(18,19)20/h2-9H,10H2,1H3. The zero-order valence-corrected chi connectivity index (χ0v) is 14.8. The molecule has 0 aliphatic rings. The molecule has 140 valence electrons. The van der Waals surface area contributed by atoms with Crippen molar-refractivity contribution in [2.45, 2.75) is 11.3 Å². The minimum Gasteiger partial charge on any atom is -0.468 e. The fourth-order valence-corrected chi connectivity index (χ4v) is 3.07. The lowest BCUT2D eigenvalue weighted by Gasteiger charge is -2.13. The third-order valence-electron chi connectivity index (χ3n) is 3.53. The van der Waals surface area contributed by atoms with E-state index in [0.29, 0.717) is 11.4 Å². The van der Waals surface area contributed by atoms with Gasteiger partial charge in [0.05, 0.1) is 24.1 Å². The number of ether oxygens (including phenoxy) is 1. The van der Waals surface area contributed by atoms with Crippen LogP contribution in [0.5, 0.6) is 0 Å². The maximum atomic E-state index is 13.1. The van der Waals surface area contributed by atoms with Crippen molar-refractivity contribution < 1.29 is 22.7 Å². The molecule has 0 atom stereocenters. The van der Waals surface area contributed by atoms with Crippen LogP contribution < -0.4 is 0 Å². The fraction of sp³-hybridized carbons (Fsp3) is 0.176. The largest absolute Gasteiger partial charge is 0.468 e. The van der Waals surface area contributed by atoms with Crippen molar-refractivity contribution in [3.05, 3.63) is 54.4 Å². The van der Waals surface area contributed by atoms with Crippen LogP contribution in [0.15, 0.2) is 53.9 Å². The summed E-state index contributed by atoms with van der Waals surface area (Å²) in [6.07, 6.45) is -1.39. The molecule has 0 aliphatic heterocycles. The lowest BCUT2D eigenvalue weighted by atomic mass is 10.2. The quantitative estimate of drug-likeness (QED) is 0.486. The van der Waals surface area contributed by atoms with Gasteiger partial charge in [-0.3, -0.25) is 14.3 Å². The topological polar surface area (TPSA) is 69.9 Å². The number of methoxy groups -OCH3 is 1. The Bertz CT molecular complexity index is 945. The molecule has 3 aromatic rings. The van der Waals surface area contributed by atoms with Gasteiger partial charge in [-0.15, -0.1) is 10.2 Å². The first-order valence-electron chi connectivity index (χ1n) is 7.63. The molecule has 3 rings (SSSR count). The Morgan fingerprint density at radius 1 is 1.22 bits per heavy atom. The molecule has 10 heteroatoms. The van der Waals surface area contributed by atoms with Gasteiger partial charge in [0.1, 0.15) is 0 Å². The van der Waals surface area contributed by atoms with E-state index in [9.17, 15) is 18.0 Å². The van der Waals surface area contributed by atoms with E-state index in [2.05, 4.69) is 19.9 Å². The summed E-state index contributed by atoms with van der Waals surface area (Å²) in [6.45, 7) is 0. The number of carbonyl (C=O) groups is 1. The molecule has 0 radical (unpaired) electrons. The van der Waals surface area contributed by atoms with Gasteiger partial charge in [-0.05, 0) is 30.3 Å². The smallest absolute Gasteiger partial charge is 0.416 e. The Kier molecular flexibility index (Phi) is 5.45. The highest BCUT2D eigenvalue weighted by Crippen LogP contribution is 2.33. The van der Waals surface area contributed by atoms with Crippen LogP contribution in [0.2, 0.25) is 0 Å². The first kappa shape index (κ1) is 18.9. The number of halogens is 3. The zero-order chi connectivity index (χ0) is 19.4. The normalized spacial score (nSPS) is 11.4. The van der Waals surface area contributed by atoms with Crippen molar-refractivity contribution in [3.63, 3.8) is 0 Å². The number of aromatic nitrogens is 4. The highest BCUT2D eigenvalue weighted by atomic mass is 32.2. The van der Waals surface area contributed by atoms with E-state index in [1.807, 2.05) is 0 Å². The Morgan fingerprint density at radius 2 is 2.04 bits per heavy atom. The molecule has 2 aromatic heterocycles. The van der Waals surface area contributed by atoms with Gasteiger partial charge >= 0.3 is 12.1 Å². The number of benzene rings is 1. The number of hydrogen-bond acceptors (Lipinski definition) is 6. The van der Waals surface area contributed by atoms with Crippen LogP contribution in [0.1, 0.15) is 5.56 Å². The predicted octanol–water partition coefficient (Wildman–Crippen LogP) is 3.61. The molecule has 0 N–H and O–H groups in total. The molecule has 0 unspecified atom stereocenters. The molecule has 27 heavy (non-hydrogen) atoms. The van der Waals surface area contributed by atoms with Crippen molar-refractivity contribution in [3.8, 4) is 17.1 Å². The Morgan fingerprint density at radius 3 is 2.70 bits per heavy atom. The van der Waals surface area contributed by atoms with Crippen LogP contribution in [-0.4, -0.2) is 38.6 Å². The molecule has 0 saturated heterocycles. The number of esters is 1. The molecule has 6 nitrogen and oxygen atoms in total. The molecule has 0 aliphatic carbocycles. The summed E-state index contributed by atoms with van der Waals surface area (Å²) in [4.78, 5) is 15.4. The Labute approximate surface area is 156 Å². The van der Waals surface area contributed by atoms with E-state index in [1.165, 1.54) is 30.0 Å². The van der Waals surface area contributed by atoms with Gasteiger partial charge in [0.25, 0.3) is 0 Å². The minimum absolute atomic E-state index is 0.0549. The van der Waals surface area contributed by atoms with Gasteiger partial charge in [0.15, 0.2) is 11.0 Å². The second kappa shape index (κ2) is 7.78. The van der Waals surface area contributed by atoms with Crippen molar-refractivity contribution in [1.29, 1.82) is 0 Å². The molecule has 0 amide bonds. The van der Waals surface area contributed by atoms with Gasteiger partial charge in [-0.2, -0.15) is 13.2 Å². The molecule has 2 heterocycles. The van der Waals surface area contributed by atoms with E-state index in [1.54, 1.807) is 18.3 Å². The number of thioether (sulfide) groups is 1. The average molecular weight is 394 g/mol. The van der Waals surface area contributed by atoms with Crippen molar-refractivity contribution in [2.24, 2.45) is 0 Å². The molecule has 1 aromatic carbocycles. The van der Waals surface area contributed by atoms with Crippen molar-refractivity contribution >= 4 is 17.7 Å². The van der Waals surface area contributed by atoms with E-state index in [-0.39, 0.29) is 16.6 Å². The molecule has 0 fully saturated rings. The molecular formula is C17H13F3N4O2S. The van der Waals surface area contributed by atoms with Crippen LogP contribution in [0.3, 0.4) is 0 Å². The lowest BCUT2D eigenvalue weighted by molar-refractivity contribution is -0.138. The maximum absolute atomic E-state index is 13.1. The van der Waals surface area contributed by atoms with Crippen LogP contribution in [0, 0.1) is 0 Å². The Balaban J connectivity index is 2.11. The second-order valence-corrected chi connectivity index (χ2v) is 6.24. The summed E-state index contributed by atoms with van der Waals surface area (Å²) in [6, 6.07) is 8.21. The summed E-state index contributed by atoms with van der Waals surface area (Å²) in [5, 5.41) is 8.37. The third kappa shape index (κ3) is 4.27. The lowest BCUT2D eigenvalue weighted by Crippen LogP contribution is -2.08. The van der Waals surface area contributed by atoms with E-state index < -0.39 is 17.7 Å². The summed E-state index contributed by atoms with van der Waals surface area (Å²) in [7, 11) is 1.25. The van der Waals surface area contributed by atoms with E-state index in [0.717, 1.165) is 23.9 Å². The average Bonchev–Trinajstić information content (AvgIpc) is 3.10. The number of alkyl halides is 3. The van der Waals surface area contributed by atoms with Crippen LogP contribution >= 0.6 is 11.8 Å². The van der Waals surface area contributed by atoms with Crippen LogP contribution in [0.25, 0.3) is 17.1 Å². The van der Waals surface area contributed by atoms with Gasteiger partial charge in [-0.25, -0.2) is 0 Å². The van der Waals surface area contributed by atoms with Gasteiger partial charge < -0.3 is 4.74 Å². The van der Waals surface area contributed by atoms with Crippen LogP contribution in [0.4, 0.5) is 13.2 Å². The highest BCUT2D eigenvalue weighted by Gasteiger charge is 2.31. The summed E-state index contributed by atoms with van der Waals surface area (Å²) < 4.78 is 45.4. The van der Waals surface area contributed by atoms with Crippen molar-refractivity contribution in [1.82, 2.24) is 19.7 Å². The number of rotatable bonds is 5. The SMILES string of the molecule is COC(=O)CSc1nnc(-c2cccnc2)n1-c1cccc(C(F)(F)F)c1. The molecular weight excluding hydrogens is 381 g/mol. The number of carbonyl (C=O) groups excluding carboxylic acids is 1. The molecule has 0 spiro atoms.